The monoisotopic (exact) mass is 343 g/mol. The van der Waals surface area contributed by atoms with Crippen LogP contribution < -0.4 is 10.2 Å². The third kappa shape index (κ3) is 2.71. The summed E-state index contributed by atoms with van der Waals surface area (Å²) in [5.74, 6) is 0.787. The van der Waals surface area contributed by atoms with Gasteiger partial charge in [0.15, 0.2) is 10.8 Å². The first-order valence-electron chi connectivity index (χ1n) is 7.80. The predicted octanol–water partition coefficient (Wildman–Crippen LogP) is 1.67. The van der Waals surface area contributed by atoms with Crippen LogP contribution in [0.4, 0.5) is 10.9 Å². The van der Waals surface area contributed by atoms with Gasteiger partial charge < -0.3 is 10.2 Å². The van der Waals surface area contributed by atoms with Crippen molar-refractivity contribution < 1.29 is 4.79 Å². The minimum Gasteiger partial charge on any atom is -0.355 e. The highest BCUT2D eigenvalue weighted by Gasteiger charge is 2.28. The Balaban J connectivity index is 1.55. The lowest BCUT2D eigenvalue weighted by atomic mass is 9.97. The van der Waals surface area contributed by atoms with Gasteiger partial charge in [0.25, 0.3) is 0 Å². The van der Waals surface area contributed by atoms with Crippen LogP contribution in [0.15, 0.2) is 24.1 Å². The Morgan fingerprint density at radius 2 is 2.29 bits per heavy atom. The molecule has 124 valence electrons. The number of hydrogen-bond donors (Lipinski definition) is 1. The number of hydrogen-bond acceptors (Lipinski definition) is 7. The average Bonchev–Trinajstić information content (AvgIpc) is 3.25. The third-order valence-corrected chi connectivity index (χ3v) is 4.95. The van der Waals surface area contributed by atoms with Crippen molar-refractivity contribution in [2.75, 3.05) is 23.3 Å². The van der Waals surface area contributed by atoms with E-state index in [1.165, 1.54) is 11.3 Å². The molecule has 1 aliphatic rings. The molecule has 1 saturated heterocycles. The Labute approximate surface area is 142 Å². The minimum atomic E-state index is -0.0793. The van der Waals surface area contributed by atoms with Gasteiger partial charge >= 0.3 is 0 Å². The van der Waals surface area contributed by atoms with Crippen LogP contribution in [-0.2, 0) is 11.8 Å². The predicted molar refractivity (Wildman–Crippen MR) is 92.0 cm³/mol. The van der Waals surface area contributed by atoms with E-state index in [4.69, 9.17) is 0 Å². The molecule has 24 heavy (non-hydrogen) atoms. The van der Waals surface area contributed by atoms with Gasteiger partial charge in [-0.2, -0.15) is 5.10 Å². The largest absolute Gasteiger partial charge is 0.355 e. The molecule has 9 heteroatoms. The summed E-state index contributed by atoms with van der Waals surface area (Å²) in [4.78, 5) is 27.5. The second-order valence-corrected chi connectivity index (χ2v) is 6.71. The molecule has 4 rings (SSSR count). The summed E-state index contributed by atoms with van der Waals surface area (Å²) in [7, 11) is 1.86. The van der Waals surface area contributed by atoms with E-state index in [9.17, 15) is 4.79 Å². The Morgan fingerprint density at radius 1 is 1.38 bits per heavy atom. The van der Waals surface area contributed by atoms with Gasteiger partial charge in [0.05, 0.1) is 17.5 Å². The zero-order valence-electron chi connectivity index (χ0n) is 13.2. The number of aromatic nitrogens is 5. The number of amides is 1. The molecule has 0 aliphatic carbocycles. The molecule has 1 N–H and O–H groups in total. The first-order valence-corrected chi connectivity index (χ1v) is 8.68. The summed E-state index contributed by atoms with van der Waals surface area (Å²) in [5, 5.41) is 10.6. The van der Waals surface area contributed by atoms with Crippen LogP contribution >= 0.6 is 11.3 Å². The number of fused-ring (bicyclic) bond motifs is 1. The number of aryl methyl sites for hydroxylation is 1. The summed E-state index contributed by atoms with van der Waals surface area (Å²) in [6.45, 7) is 1.51. The Kier molecular flexibility index (Phi) is 3.85. The number of rotatable bonds is 3. The van der Waals surface area contributed by atoms with Crippen LogP contribution in [0, 0.1) is 5.92 Å². The van der Waals surface area contributed by atoms with E-state index in [0.717, 1.165) is 36.2 Å². The van der Waals surface area contributed by atoms with Crippen molar-refractivity contribution in [3.05, 3.63) is 24.1 Å². The van der Waals surface area contributed by atoms with Gasteiger partial charge in [-0.3, -0.25) is 9.48 Å². The molecule has 1 atom stereocenters. The second kappa shape index (κ2) is 6.16. The van der Waals surface area contributed by atoms with E-state index >= 15 is 0 Å². The quantitative estimate of drug-likeness (QED) is 0.778. The number of carbonyl (C=O) groups is 1. The molecule has 1 aliphatic heterocycles. The van der Waals surface area contributed by atoms with E-state index in [1.807, 2.05) is 12.4 Å². The van der Waals surface area contributed by atoms with Gasteiger partial charge in [-0.25, -0.2) is 15.0 Å². The van der Waals surface area contributed by atoms with Gasteiger partial charge in [0.1, 0.15) is 12.1 Å². The van der Waals surface area contributed by atoms with E-state index in [2.05, 4.69) is 30.3 Å². The van der Waals surface area contributed by atoms with Crippen molar-refractivity contribution in [2.24, 2.45) is 13.0 Å². The molecule has 0 bridgehead atoms. The summed E-state index contributed by atoms with van der Waals surface area (Å²) in [6.07, 6.45) is 6.84. The summed E-state index contributed by atoms with van der Waals surface area (Å²) in [5.41, 5.74) is 0.800. The molecular formula is C15H17N7OS. The van der Waals surface area contributed by atoms with Gasteiger partial charge in [-0.15, -0.1) is 11.3 Å². The fourth-order valence-corrected chi connectivity index (χ4v) is 3.61. The summed E-state index contributed by atoms with van der Waals surface area (Å²) < 4.78 is 1.73. The number of nitrogens with zero attached hydrogens (tertiary/aromatic N) is 6. The van der Waals surface area contributed by atoms with Crippen molar-refractivity contribution in [2.45, 2.75) is 12.8 Å². The van der Waals surface area contributed by atoms with Crippen LogP contribution in [0.3, 0.4) is 0 Å². The highest BCUT2D eigenvalue weighted by atomic mass is 32.1. The highest BCUT2D eigenvalue weighted by molar-refractivity contribution is 7.13. The third-order valence-electron chi connectivity index (χ3n) is 4.26. The van der Waals surface area contributed by atoms with Gasteiger partial charge in [-0.1, -0.05) is 0 Å². The topological polar surface area (TPSA) is 88.8 Å². The lowest BCUT2D eigenvalue weighted by Gasteiger charge is -2.32. The van der Waals surface area contributed by atoms with E-state index in [0.29, 0.717) is 11.7 Å². The number of carbonyl (C=O) groups excluding carboxylic acids is 1. The number of thiazole rings is 1. The molecule has 0 aromatic carbocycles. The Hall–Kier alpha value is -2.55. The molecule has 1 amide bonds. The molecule has 0 radical (unpaired) electrons. The zero-order valence-corrected chi connectivity index (χ0v) is 14.0. The molecule has 4 heterocycles. The molecule has 3 aromatic heterocycles. The standard InChI is InChI=1S/C15H17N7OS/c1-21-12-11(7-19-21)13(18-9-17-12)22-5-2-3-10(8-22)14(23)20-15-16-4-6-24-15/h4,6-7,9-10H,2-3,5,8H2,1H3,(H,16,20,23). The van der Waals surface area contributed by atoms with Gasteiger partial charge in [0, 0.05) is 31.7 Å². The first kappa shape index (κ1) is 15.0. The van der Waals surface area contributed by atoms with E-state index in [-0.39, 0.29) is 11.8 Å². The van der Waals surface area contributed by atoms with Crippen LogP contribution in [-0.4, -0.2) is 43.7 Å². The smallest absolute Gasteiger partial charge is 0.231 e. The summed E-state index contributed by atoms with van der Waals surface area (Å²) >= 11 is 1.43. The molecule has 0 saturated carbocycles. The van der Waals surface area contributed by atoms with Crippen molar-refractivity contribution >= 4 is 39.2 Å². The number of anilines is 2. The van der Waals surface area contributed by atoms with Crippen molar-refractivity contribution in [3.63, 3.8) is 0 Å². The Bertz CT molecular complexity index is 860. The summed E-state index contributed by atoms with van der Waals surface area (Å²) in [6, 6.07) is 0. The SMILES string of the molecule is Cn1ncc2c(N3CCCC(C(=O)Nc4nccs4)C3)ncnc21. The molecule has 8 nitrogen and oxygen atoms in total. The van der Waals surface area contributed by atoms with Crippen LogP contribution in [0.2, 0.25) is 0 Å². The molecule has 1 unspecified atom stereocenters. The molecule has 3 aromatic rings. The minimum absolute atomic E-state index is 0.0196. The molecular weight excluding hydrogens is 326 g/mol. The number of piperidine rings is 1. The first-order chi connectivity index (χ1) is 11.7. The van der Waals surface area contributed by atoms with E-state index < -0.39 is 0 Å². The van der Waals surface area contributed by atoms with Crippen molar-refractivity contribution in [1.29, 1.82) is 0 Å². The van der Waals surface area contributed by atoms with Crippen LogP contribution in [0.25, 0.3) is 11.0 Å². The van der Waals surface area contributed by atoms with Crippen molar-refractivity contribution in [3.8, 4) is 0 Å². The maximum Gasteiger partial charge on any atom is 0.231 e. The van der Waals surface area contributed by atoms with Crippen LogP contribution in [0.5, 0.6) is 0 Å². The lowest BCUT2D eigenvalue weighted by molar-refractivity contribution is -0.120. The fraction of sp³-hybridized carbons (Fsp3) is 0.400. The Morgan fingerprint density at radius 3 is 3.12 bits per heavy atom. The van der Waals surface area contributed by atoms with Gasteiger partial charge in [0.2, 0.25) is 5.91 Å². The van der Waals surface area contributed by atoms with Crippen LogP contribution in [0.1, 0.15) is 12.8 Å². The highest BCUT2D eigenvalue weighted by Crippen LogP contribution is 2.27. The normalized spacial score (nSPS) is 18.0. The number of nitrogens with one attached hydrogen (secondary N) is 1. The lowest BCUT2D eigenvalue weighted by Crippen LogP contribution is -2.41. The molecule has 0 spiro atoms. The zero-order chi connectivity index (χ0) is 16.5. The maximum atomic E-state index is 12.5. The maximum absolute atomic E-state index is 12.5. The molecule has 1 fully saturated rings. The van der Waals surface area contributed by atoms with Gasteiger partial charge in [-0.05, 0) is 12.8 Å². The van der Waals surface area contributed by atoms with Crippen molar-refractivity contribution in [1.82, 2.24) is 24.7 Å². The second-order valence-electron chi connectivity index (χ2n) is 5.81. The fourth-order valence-electron chi connectivity index (χ4n) is 3.08. The average molecular weight is 343 g/mol. The van der Waals surface area contributed by atoms with E-state index in [1.54, 1.807) is 23.4 Å².